The van der Waals surface area contributed by atoms with E-state index in [2.05, 4.69) is 39.3 Å². The molecule has 0 aliphatic carbocycles. The summed E-state index contributed by atoms with van der Waals surface area (Å²) in [5, 5.41) is 5.88. The molecule has 3 aromatic rings. The molecule has 6 heteroatoms. The lowest BCUT2D eigenvalue weighted by atomic mass is 9.87. The zero-order chi connectivity index (χ0) is 18.8. The van der Waals surface area contributed by atoms with Crippen LogP contribution in [-0.2, 0) is 13.0 Å². The lowest BCUT2D eigenvalue weighted by Gasteiger charge is -2.25. The van der Waals surface area contributed by atoms with Crippen LogP contribution in [0, 0.1) is 11.8 Å². The summed E-state index contributed by atoms with van der Waals surface area (Å²) in [5.41, 5.74) is 3.27. The van der Waals surface area contributed by atoms with Gasteiger partial charge in [-0.1, -0.05) is 42.3 Å². The average molecular weight is 399 g/mol. The SMILES string of the molecule is CC1C=C(NCc2ccc(Cl)cc2)N=C(Cl)C1Cc1c[nH]c2ncccc12. The number of halogens is 2. The second-order valence-corrected chi connectivity index (χ2v) is 7.67. The highest BCUT2D eigenvalue weighted by molar-refractivity contribution is 6.66. The summed E-state index contributed by atoms with van der Waals surface area (Å²) in [4.78, 5) is 12.2. The van der Waals surface area contributed by atoms with Crippen molar-refractivity contribution in [2.75, 3.05) is 0 Å². The molecule has 0 saturated carbocycles. The monoisotopic (exact) mass is 398 g/mol. The van der Waals surface area contributed by atoms with Crippen molar-refractivity contribution in [3.8, 4) is 0 Å². The van der Waals surface area contributed by atoms with Gasteiger partial charge in [-0.3, -0.25) is 0 Å². The fourth-order valence-electron chi connectivity index (χ4n) is 3.40. The smallest absolute Gasteiger partial charge is 0.137 e. The molecule has 0 amide bonds. The number of aliphatic imine (C=N–C) groups is 1. The highest BCUT2D eigenvalue weighted by Gasteiger charge is 2.26. The van der Waals surface area contributed by atoms with Crippen LogP contribution in [-0.4, -0.2) is 15.1 Å². The summed E-state index contributed by atoms with van der Waals surface area (Å²) in [6, 6.07) is 11.8. The third kappa shape index (κ3) is 4.02. The number of pyridine rings is 1. The van der Waals surface area contributed by atoms with Crippen molar-refractivity contribution in [1.29, 1.82) is 0 Å². The fourth-order valence-corrected chi connectivity index (χ4v) is 3.89. The number of H-pyrrole nitrogens is 1. The molecule has 2 aromatic heterocycles. The molecular formula is C21H20Cl2N4. The van der Waals surface area contributed by atoms with Crippen LogP contribution in [0.15, 0.2) is 65.7 Å². The van der Waals surface area contributed by atoms with E-state index in [1.165, 1.54) is 5.56 Å². The van der Waals surface area contributed by atoms with Crippen LogP contribution < -0.4 is 5.32 Å². The quantitative estimate of drug-likeness (QED) is 0.612. The number of aromatic amines is 1. The number of fused-ring (bicyclic) bond motifs is 1. The first-order valence-electron chi connectivity index (χ1n) is 8.95. The maximum Gasteiger partial charge on any atom is 0.137 e. The number of allylic oxidation sites excluding steroid dienone is 1. The molecule has 4 nitrogen and oxygen atoms in total. The highest BCUT2D eigenvalue weighted by atomic mass is 35.5. The van der Waals surface area contributed by atoms with E-state index in [1.54, 1.807) is 6.20 Å². The van der Waals surface area contributed by atoms with Gasteiger partial charge in [-0.15, -0.1) is 0 Å². The summed E-state index contributed by atoms with van der Waals surface area (Å²) >= 11 is 12.5. The van der Waals surface area contributed by atoms with Crippen molar-refractivity contribution in [1.82, 2.24) is 15.3 Å². The van der Waals surface area contributed by atoms with Crippen LogP contribution in [0.2, 0.25) is 5.02 Å². The molecule has 138 valence electrons. The van der Waals surface area contributed by atoms with Crippen molar-refractivity contribution >= 4 is 39.4 Å². The minimum Gasteiger partial charge on any atom is -0.366 e. The molecule has 2 atom stereocenters. The average Bonchev–Trinajstić information content (AvgIpc) is 3.07. The predicted octanol–water partition coefficient (Wildman–Crippen LogP) is 5.29. The minimum atomic E-state index is 0.159. The Morgan fingerprint density at radius 3 is 2.74 bits per heavy atom. The van der Waals surface area contributed by atoms with Crippen LogP contribution in [0.25, 0.3) is 11.0 Å². The van der Waals surface area contributed by atoms with Crippen molar-refractivity contribution in [3.63, 3.8) is 0 Å². The Morgan fingerprint density at radius 1 is 1.15 bits per heavy atom. The van der Waals surface area contributed by atoms with Crippen LogP contribution in [0.1, 0.15) is 18.1 Å². The van der Waals surface area contributed by atoms with E-state index in [4.69, 9.17) is 23.2 Å². The molecule has 1 aliphatic rings. The Kier molecular flexibility index (Phi) is 5.19. The summed E-state index contributed by atoms with van der Waals surface area (Å²) in [6.07, 6.45) is 6.80. The van der Waals surface area contributed by atoms with Gasteiger partial charge in [0.1, 0.15) is 16.6 Å². The van der Waals surface area contributed by atoms with Crippen molar-refractivity contribution in [2.45, 2.75) is 19.9 Å². The fraction of sp³-hybridized carbons (Fsp3) is 0.238. The number of aromatic nitrogens is 2. The maximum absolute atomic E-state index is 6.57. The van der Waals surface area contributed by atoms with E-state index in [9.17, 15) is 0 Å². The van der Waals surface area contributed by atoms with Gasteiger partial charge < -0.3 is 10.3 Å². The third-order valence-electron chi connectivity index (χ3n) is 4.95. The number of hydrogen-bond donors (Lipinski definition) is 2. The van der Waals surface area contributed by atoms with E-state index >= 15 is 0 Å². The number of nitrogens with zero attached hydrogens (tertiary/aromatic N) is 2. The number of benzene rings is 1. The molecule has 0 bridgehead atoms. The molecule has 0 saturated heterocycles. The van der Waals surface area contributed by atoms with E-state index in [0.717, 1.165) is 33.9 Å². The van der Waals surface area contributed by atoms with E-state index in [1.807, 2.05) is 36.5 Å². The Labute approximate surface area is 168 Å². The lowest BCUT2D eigenvalue weighted by molar-refractivity contribution is 0.527. The van der Waals surface area contributed by atoms with Gasteiger partial charge in [-0.05, 0) is 53.8 Å². The Morgan fingerprint density at radius 2 is 1.96 bits per heavy atom. The van der Waals surface area contributed by atoms with Gasteiger partial charge in [0.25, 0.3) is 0 Å². The first-order valence-corrected chi connectivity index (χ1v) is 9.71. The van der Waals surface area contributed by atoms with Gasteiger partial charge in [-0.25, -0.2) is 9.98 Å². The van der Waals surface area contributed by atoms with Gasteiger partial charge in [-0.2, -0.15) is 0 Å². The molecule has 2 unspecified atom stereocenters. The van der Waals surface area contributed by atoms with Crippen LogP contribution in [0.3, 0.4) is 0 Å². The number of hydrogen-bond acceptors (Lipinski definition) is 3. The van der Waals surface area contributed by atoms with E-state index < -0.39 is 0 Å². The molecular weight excluding hydrogens is 379 g/mol. The lowest BCUT2D eigenvalue weighted by Crippen LogP contribution is -2.26. The van der Waals surface area contributed by atoms with Gasteiger partial charge in [0.15, 0.2) is 0 Å². The largest absolute Gasteiger partial charge is 0.366 e. The zero-order valence-corrected chi connectivity index (χ0v) is 16.4. The standard InChI is InChI=1S/C21H20Cl2N4/c1-13-9-19(25-11-14-4-6-16(22)7-5-14)27-20(23)18(13)10-15-12-26-21-17(15)3-2-8-24-21/h2-9,12-13,18,25H,10-11H2,1H3,(H,24,26). The van der Waals surface area contributed by atoms with Gasteiger partial charge in [0.05, 0.1) is 0 Å². The van der Waals surface area contributed by atoms with Crippen molar-refractivity contribution < 1.29 is 0 Å². The Bertz CT molecular complexity index is 1000. The summed E-state index contributed by atoms with van der Waals surface area (Å²) < 4.78 is 0. The summed E-state index contributed by atoms with van der Waals surface area (Å²) in [7, 11) is 0. The molecule has 3 heterocycles. The molecule has 1 aromatic carbocycles. The van der Waals surface area contributed by atoms with Gasteiger partial charge in [0, 0.05) is 35.3 Å². The Hall–Kier alpha value is -2.30. The highest BCUT2D eigenvalue weighted by Crippen LogP contribution is 2.30. The molecule has 27 heavy (non-hydrogen) atoms. The van der Waals surface area contributed by atoms with E-state index in [-0.39, 0.29) is 11.8 Å². The van der Waals surface area contributed by atoms with Crippen LogP contribution in [0.4, 0.5) is 0 Å². The summed E-state index contributed by atoms with van der Waals surface area (Å²) in [5.74, 6) is 1.26. The van der Waals surface area contributed by atoms with Gasteiger partial charge in [0.2, 0.25) is 0 Å². The molecule has 2 N–H and O–H groups in total. The second kappa shape index (κ2) is 7.75. The van der Waals surface area contributed by atoms with Gasteiger partial charge >= 0.3 is 0 Å². The summed E-state index contributed by atoms with van der Waals surface area (Å²) in [6.45, 7) is 2.86. The predicted molar refractivity (Wildman–Crippen MR) is 112 cm³/mol. The Balaban J connectivity index is 1.45. The zero-order valence-electron chi connectivity index (χ0n) is 14.9. The molecule has 4 rings (SSSR count). The van der Waals surface area contributed by atoms with Crippen LogP contribution >= 0.6 is 23.2 Å². The molecule has 0 spiro atoms. The van der Waals surface area contributed by atoms with Crippen molar-refractivity contribution in [2.24, 2.45) is 16.8 Å². The topological polar surface area (TPSA) is 53.1 Å². The molecule has 0 fully saturated rings. The van der Waals surface area contributed by atoms with E-state index in [0.29, 0.717) is 11.7 Å². The third-order valence-corrected chi connectivity index (χ3v) is 5.57. The van der Waals surface area contributed by atoms with Crippen LogP contribution in [0.5, 0.6) is 0 Å². The number of nitrogens with one attached hydrogen (secondary N) is 2. The number of rotatable bonds is 5. The normalized spacial score (nSPS) is 19.7. The second-order valence-electron chi connectivity index (χ2n) is 6.85. The first kappa shape index (κ1) is 18.1. The minimum absolute atomic E-state index is 0.159. The molecule has 1 aliphatic heterocycles. The molecule has 0 radical (unpaired) electrons. The van der Waals surface area contributed by atoms with Crippen molar-refractivity contribution in [3.05, 3.63) is 76.8 Å². The maximum atomic E-state index is 6.57. The first-order chi connectivity index (χ1) is 13.1.